The van der Waals surface area contributed by atoms with Crippen molar-refractivity contribution in [2.75, 3.05) is 11.9 Å². The molecule has 0 atom stereocenters. The second-order valence-electron chi connectivity index (χ2n) is 4.38. The van der Waals surface area contributed by atoms with Crippen molar-refractivity contribution in [3.63, 3.8) is 0 Å². The van der Waals surface area contributed by atoms with Crippen LogP contribution in [0.15, 0.2) is 22.7 Å². The number of amides is 1. The predicted octanol–water partition coefficient (Wildman–Crippen LogP) is 2.43. The summed E-state index contributed by atoms with van der Waals surface area (Å²) in [5, 5.41) is 2.94. The quantitative estimate of drug-likeness (QED) is 0.895. The summed E-state index contributed by atoms with van der Waals surface area (Å²) in [7, 11) is 0. The van der Waals surface area contributed by atoms with E-state index in [-0.39, 0.29) is 11.3 Å². The molecule has 16 heavy (non-hydrogen) atoms. The number of rotatable bonds is 3. The molecule has 1 aromatic rings. The zero-order valence-corrected chi connectivity index (χ0v) is 10.8. The summed E-state index contributed by atoms with van der Waals surface area (Å²) < 4.78 is 0.941. The van der Waals surface area contributed by atoms with Gasteiger partial charge in [0.2, 0.25) is 5.91 Å². The number of nitrogens with one attached hydrogen (secondary N) is 1. The number of halogens is 1. The highest BCUT2D eigenvalue weighted by atomic mass is 79.9. The standard InChI is InChI=1S/C12H15BrN2O/c1-8-3-2-4-9(10(8)13)15-11(16)12(7-14)5-6-12/h2-4H,5-7,14H2,1H3,(H,15,16). The van der Waals surface area contributed by atoms with Gasteiger partial charge >= 0.3 is 0 Å². The zero-order chi connectivity index (χ0) is 11.8. The Labute approximate surface area is 104 Å². The van der Waals surface area contributed by atoms with Crippen LogP contribution < -0.4 is 11.1 Å². The molecule has 0 bridgehead atoms. The van der Waals surface area contributed by atoms with Crippen molar-refractivity contribution in [3.8, 4) is 0 Å². The molecule has 1 aromatic carbocycles. The molecule has 0 aliphatic heterocycles. The highest BCUT2D eigenvalue weighted by molar-refractivity contribution is 9.10. The maximum Gasteiger partial charge on any atom is 0.231 e. The first kappa shape index (κ1) is 11.6. The van der Waals surface area contributed by atoms with Crippen LogP contribution in [-0.2, 0) is 4.79 Å². The Morgan fingerprint density at radius 1 is 1.56 bits per heavy atom. The van der Waals surface area contributed by atoms with Crippen LogP contribution >= 0.6 is 15.9 Å². The van der Waals surface area contributed by atoms with Crippen molar-refractivity contribution in [1.29, 1.82) is 0 Å². The van der Waals surface area contributed by atoms with Gasteiger partial charge in [-0.25, -0.2) is 0 Å². The molecule has 0 saturated heterocycles. The lowest BCUT2D eigenvalue weighted by Crippen LogP contribution is -2.30. The number of hydrogen-bond donors (Lipinski definition) is 2. The maximum atomic E-state index is 12.0. The first-order valence-corrected chi connectivity index (χ1v) is 6.15. The highest BCUT2D eigenvalue weighted by Crippen LogP contribution is 2.45. The lowest BCUT2D eigenvalue weighted by Gasteiger charge is -2.14. The van der Waals surface area contributed by atoms with E-state index in [0.717, 1.165) is 28.6 Å². The molecular weight excluding hydrogens is 268 g/mol. The number of carbonyl (C=O) groups excluding carboxylic acids is 1. The average molecular weight is 283 g/mol. The fraction of sp³-hybridized carbons (Fsp3) is 0.417. The summed E-state index contributed by atoms with van der Waals surface area (Å²) in [5.41, 5.74) is 7.25. The van der Waals surface area contributed by atoms with Gasteiger partial charge in [-0.15, -0.1) is 0 Å². The van der Waals surface area contributed by atoms with Gasteiger partial charge in [0.15, 0.2) is 0 Å². The van der Waals surface area contributed by atoms with E-state index in [2.05, 4.69) is 21.2 Å². The van der Waals surface area contributed by atoms with Crippen LogP contribution in [0.4, 0.5) is 5.69 Å². The van der Waals surface area contributed by atoms with E-state index in [9.17, 15) is 4.79 Å². The van der Waals surface area contributed by atoms with Crippen molar-refractivity contribution in [2.45, 2.75) is 19.8 Å². The van der Waals surface area contributed by atoms with Crippen molar-refractivity contribution >= 4 is 27.5 Å². The van der Waals surface area contributed by atoms with Crippen LogP contribution in [-0.4, -0.2) is 12.5 Å². The van der Waals surface area contributed by atoms with E-state index in [0.29, 0.717) is 6.54 Å². The Morgan fingerprint density at radius 2 is 2.25 bits per heavy atom. The molecule has 1 fully saturated rings. The molecule has 0 heterocycles. The molecule has 0 spiro atoms. The smallest absolute Gasteiger partial charge is 0.231 e. The van der Waals surface area contributed by atoms with Gasteiger partial charge in [-0.2, -0.15) is 0 Å². The first-order chi connectivity index (χ1) is 7.59. The number of nitrogens with two attached hydrogens (primary N) is 1. The highest BCUT2D eigenvalue weighted by Gasteiger charge is 2.48. The van der Waals surface area contributed by atoms with Gasteiger partial charge < -0.3 is 11.1 Å². The molecule has 3 N–H and O–H groups in total. The predicted molar refractivity (Wildman–Crippen MR) is 68.2 cm³/mol. The molecule has 2 rings (SSSR count). The van der Waals surface area contributed by atoms with Crippen LogP contribution in [0.2, 0.25) is 0 Å². The Bertz CT molecular complexity index is 427. The minimum absolute atomic E-state index is 0.0429. The fourth-order valence-electron chi connectivity index (χ4n) is 1.67. The molecule has 1 aliphatic rings. The van der Waals surface area contributed by atoms with Gasteiger partial charge in [0.1, 0.15) is 0 Å². The van der Waals surface area contributed by atoms with Gasteiger partial charge in [0.05, 0.1) is 11.1 Å². The van der Waals surface area contributed by atoms with Crippen LogP contribution in [0.25, 0.3) is 0 Å². The number of aryl methyl sites for hydroxylation is 1. The molecule has 4 heteroatoms. The number of hydrogen-bond acceptors (Lipinski definition) is 2. The summed E-state index contributed by atoms with van der Waals surface area (Å²) in [6.45, 7) is 2.43. The molecular formula is C12H15BrN2O. The molecule has 0 unspecified atom stereocenters. The summed E-state index contributed by atoms with van der Waals surface area (Å²) in [5.74, 6) is 0.0429. The van der Waals surface area contributed by atoms with E-state index >= 15 is 0 Å². The molecule has 1 amide bonds. The Balaban J connectivity index is 2.15. The summed E-state index contributed by atoms with van der Waals surface area (Å²) in [6, 6.07) is 5.81. The molecule has 0 aromatic heterocycles. The molecule has 1 aliphatic carbocycles. The van der Waals surface area contributed by atoms with E-state index in [1.807, 2.05) is 25.1 Å². The van der Waals surface area contributed by atoms with E-state index in [1.54, 1.807) is 0 Å². The van der Waals surface area contributed by atoms with E-state index < -0.39 is 0 Å². The zero-order valence-electron chi connectivity index (χ0n) is 9.22. The molecule has 3 nitrogen and oxygen atoms in total. The van der Waals surface area contributed by atoms with Crippen molar-refractivity contribution < 1.29 is 4.79 Å². The van der Waals surface area contributed by atoms with E-state index in [1.165, 1.54) is 0 Å². The van der Waals surface area contributed by atoms with Gasteiger partial charge in [0, 0.05) is 11.0 Å². The van der Waals surface area contributed by atoms with Crippen LogP contribution in [0.3, 0.4) is 0 Å². The van der Waals surface area contributed by atoms with Crippen molar-refractivity contribution in [1.82, 2.24) is 0 Å². The number of anilines is 1. The largest absolute Gasteiger partial charge is 0.329 e. The average Bonchev–Trinajstić information content (AvgIpc) is 3.05. The third kappa shape index (κ3) is 1.99. The minimum Gasteiger partial charge on any atom is -0.329 e. The summed E-state index contributed by atoms with van der Waals surface area (Å²) in [6.07, 6.45) is 1.80. The Morgan fingerprint density at radius 3 is 2.81 bits per heavy atom. The first-order valence-electron chi connectivity index (χ1n) is 5.36. The van der Waals surface area contributed by atoms with Crippen LogP contribution in [0.5, 0.6) is 0 Å². The minimum atomic E-state index is -0.302. The number of benzene rings is 1. The van der Waals surface area contributed by atoms with Crippen LogP contribution in [0, 0.1) is 12.3 Å². The van der Waals surface area contributed by atoms with Gasteiger partial charge in [-0.3, -0.25) is 4.79 Å². The Hall–Kier alpha value is -0.870. The Kier molecular flexibility index (Phi) is 3.04. The monoisotopic (exact) mass is 282 g/mol. The van der Waals surface area contributed by atoms with Gasteiger partial charge in [-0.1, -0.05) is 12.1 Å². The maximum absolute atomic E-state index is 12.0. The number of carbonyl (C=O) groups is 1. The second kappa shape index (κ2) is 4.18. The fourth-order valence-corrected chi connectivity index (χ4v) is 2.04. The summed E-state index contributed by atoms with van der Waals surface area (Å²) in [4.78, 5) is 12.0. The van der Waals surface area contributed by atoms with Crippen molar-refractivity contribution in [3.05, 3.63) is 28.2 Å². The van der Waals surface area contributed by atoms with Crippen molar-refractivity contribution in [2.24, 2.45) is 11.1 Å². The molecule has 86 valence electrons. The van der Waals surface area contributed by atoms with E-state index in [4.69, 9.17) is 5.73 Å². The van der Waals surface area contributed by atoms with Gasteiger partial charge in [0.25, 0.3) is 0 Å². The second-order valence-corrected chi connectivity index (χ2v) is 5.17. The molecule has 0 radical (unpaired) electrons. The topological polar surface area (TPSA) is 55.1 Å². The third-order valence-electron chi connectivity index (χ3n) is 3.17. The normalized spacial score (nSPS) is 16.9. The summed E-state index contributed by atoms with van der Waals surface area (Å²) >= 11 is 3.47. The van der Waals surface area contributed by atoms with Gasteiger partial charge in [-0.05, 0) is 47.3 Å². The lowest BCUT2D eigenvalue weighted by molar-refractivity contribution is -0.120. The lowest BCUT2D eigenvalue weighted by atomic mass is 10.1. The molecule has 1 saturated carbocycles. The van der Waals surface area contributed by atoms with Crippen LogP contribution in [0.1, 0.15) is 18.4 Å². The third-order valence-corrected chi connectivity index (χ3v) is 4.22. The SMILES string of the molecule is Cc1cccc(NC(=O)C2(CN)CC2)c1Br.